The molecule has 0 aromatic heterocycles. The normalized spacial score (nSPS) is 15.4. The number of halogens is 1. The third-order valence-electron chi connectivity index (χ3n) is 4.45. The zero-order valence-corrected chi connectivity index (χ0v) is 20.0. The Morgan fingerprint density at radius 1 is 1.29 bits per heavy atom. The van der Waals surface area contributed by atoms with Crippen molar-refractivity contribution in [3.8, 4) is 12.3 Å². The zero-order chi connectivity index (χ0) is 23.2. The fourth-order valence-corrected chi connectivity index (χ4v) is 5.59. The van der Waals surface area contributed by atoms with Gasteiger partial charge in [0, 0.05) is 56.7 Å². The maximum absolute atomic E-state index is 13.4. The quantitative estimate of drug-likeness (QED) is 0.147. The van der Waals surface area contributed by atoms with Crippen LogP contribution >= 0.6 is 15.9 Å². The standard InChI is InChI=1S/C17H23BrN4O7S2/c1-3-14-12-15(22(23)24)13-16(31(27,28)21-8-5-19-6-9-21)17(14)20(7-4-18)10-11-29-30(2,25)26/h1,12-13,19H,4-11H2,2H3. The lowest BCUT2D eigenvalue weighted by Gasteiger charge is -2.31. The number of nitro groups is 1. The molecule has 172 valence electrons. The predicted molar refractivity (Wildman–Crippen MR) is 119 cm³/mol. The summed E-state index contributed by atoms with van der Waals surface area (Å²) in [5.74, 6) is 2.34. The Hall–Kier alpha value is -1.76. The van der Waals surface area contributed by atoms with Crippen molar-refractivity contribution in [2.45, 2.75) is 4.90 Å². The van der Waals surface area contributed by atoms with Crippen LogP contribution in [0.5, 0.6) is 0 Å². The molecule has 2 rings (SSSR count). The van der Waals surface area contributed by atoms with Gasteiger partial charge in [-0.15, -0.1) is 6.42 Å². The van der Waals surface area contributed by atoms with Crippen molar-refractivity contribution in [2.75, 3.05) is 62.4 Å². The number of hydrogen-bond acceptors (Lipinski definition) is 9. The number of terminal acetylenes is 1. The number of hydrogen-bond donors (Lipinski definition) is 1. The van der Waals surface area contributed by atoms with Crippen LogP contribution < -0.4 is 10.2 Å². The van der Waals surface area contributed by atoms with E-state index in [4.69, 9.17) is 10.6 Å². The third kappa shape index (κ3) is 6.61. The van der Waals surface area contributed by atoms with E-state index in [0.717, 1.165) is 18.4 Å². The van der Waals surface area contributed by atoms with E-state index in [0.29, 0.717) is 18.4 Å². The highest BCUT2D eigenvalue weighted by Crippen LogP contribution is 2.35. The molecule has 1 N–H and O–H groups in total. The van der Waals surface area contributed by atoms with E-state index in [1.807, 2.05) is 0 Å². The topological polar surface area (TPSA) is 139 Å². The van der Waals surface area contributed by atoms with Crippen LogP contribution in [0.3, 0.4) is 0 Å². The minimum Gasteiger partial charge on any atom is -0.366 e. The molecule has 0 atom stereocenters. The fourth-order valence-electron chi connectivity index (χ4n) is 3.09. The highest BCUT2D eigenvalue weighted by atomic mass is 79.9. The highest BCUT2D eigenvalue weighted by molar-refractivity contribution is 9.09. The van der Waals surface area contributed by atoms with E-state index in [-0.39, 0.29) is 48.9 Å². The molecule has 1 aliphatic rings. The molecule has 31 heavy (non-hydrogen) atoms. The van der Waals surface area contributed by atoms with Crippen molar-refractivity contribution < 1.29 is 25.9 Å². The Morgan fingerprint density at radius 2 is 1.94 bits per heavy atom. The highest BCUT2D eigenvalue weighted by Gasteiger charge is 2.33. The van der Waals surface area contributed by atoms with Crippen LogP contribution in [0.4, 0.5) is 11.4 Å². The van der Waals surface area contributed by atoms with E-state index in [1.165, 1.54) is 4.31 Å². The Labute approximate surface area is 190 Å². The van der Waals surface area contributed by atoms with Gasteiger partial charge in [0.15, 0.2) is 0 Å². The van der Waals surface area contributed by atoms with Crippen LogP contribution in [0.2, 0.25) is 0 Å². The van der Waals surface area contributed by atoms with Crippen molar-refractivity contribution in [3.05, 3.63) is 27.8 Å². The first-order valence-corrected chi connectivity index (χ1v) is 13.5. The van der Waals surface area contributed by atoms with Crippen LogP contribution in [0.25, 0.3) is 0 Å². The summed E-state index contributed by atoms with van der Waals surface area (Å²) in [5, 5.41) is 14.9. The molecule has 1 fully saturated rings. The van der Waals surface area contributed by atoms with Gasteiger partial charge in [0.2, 0.25) is 10.0 Å². The molecule has 1 saturated heterocycles. The molecule has 1 heterocycles. The molecule has 14 heteroatoms. The molecule has 0 bridgehead atoms. The van der Waals surface area contributed by atoms with Crippen molar-refractivity contribution in [3.63, 3.8) is 0 Å². The van der Waals surface area contributed by atoms with Gasteiger partial charge < -0.3 is 10.2 Å². The SMILES string of the molecule is C#Cc1cc([N+](=O)[O-])cc(S(=O)(=O)N2CCNCC2)c1N(CCBr)CCOS(C)(=O)=O. The second kappa shape index (κ2) is 10.7. The molecular weight excluding hydrogens is 516 g/mol. The Bertz CT molecular complexity index is 1060. The first-order valence-electron chi connectivity index (χ1n) is 9.16. The summed E-state index contributed by atoms with van der Waals surface area (Å²) in [7, 11) is -7.83. The lowest BCUT2D eigenvalue weighted by atomic mass is 10.1. The van der Waals surface area contributed by atoms with E-state index in [9.17, 15) is 26.9 Å². The number of piperazine rings is 1. The van der Waals surface area contributed by atoms with Gasteiger partial charge in [-0.05, 0) is 0 Å². The van der Waals surface area contributed by atoms with Crippen molar-refractivity contribution >= 4 is 47.4 Å². The molecule has 0 amide bonds. The van der Waals surface area contributed by atoms with Crippen molar-refractivity contribution in [1.29, 1.82) is 0 Å². The van der Waals surface area contributed by atoms with Gasteiger partial charge in [-0.25, -0.2) is 8.42 Å². The van der Waals surface area contributed by atoms with Crippen LogP contribution in [0.1, 0.15) is 5.56 Å². The molecule has 11 nitrogen and oxygen atoms in total. The number of alkyl halides is 1. The van der Waals surface area contributed by atoms with E-state index in [2.05, 4.69) is 27.2 Å². The molecule has 0 spiro atoms. The number of sulfonamides is 1. The second-order valence-electron chi connectivity index (χ2n) is 6.60. The Morgan fingerprint density at radius 3 is 2.45 bits per heavy atom. The fraction of sp³-hybridized carbons (Fsp3) is 0.529. The number of non-ortho nitro benzene ring substituents is 1. The monoisotopic (exact) mass is 538 g/mol. The van der Waals surface area contributed by atoms with E-state index in [1.54, 1.807) is 4.90 Å². The molecule has 0 radical (unpaired) electrons. The predicted octanol–water partition coefficient (Wildman–Crippen LogP) is 0.348. The lowest BCUT2D eigenvalue weighted by molar-refractivity contribution is -0.385. The first kappa shape index (κ1) is 25.5. The number of benzene rings is 1. The summed E-state index contributed by atoms with van der Waals surface area (Å²) in [5.41, 5.74) is -0.331. The average Bonchev–Trinajstić information content (AvgIpc) is 2.71. The average molecular weight is 539 g/mol. The van der Waals surface area contributed by atoms with E-state index < -0.39 is 30.8 Å². The second-order valence-corrected chi connectivity index (χ2v) is 10.9. The van der Waals surface area contributed by atoms with Crippen molar-refractivity contribution in [2.24, 2.45) is 0 Å². The summed E-state index contributed by atoms with van der Waals surface area (Å²) in [6.07, 6.45) is 6.49. The maximum Gasteiger partial charge on any atom is 0.272 e. The molecule has 1 aromatic rings. The maximum atomic E-state index is 13.4. The van der Waals surface area contributed by atoms with Gasteiger partial charge in [0.05, 0.1) is 29.0 Å². The number of nitrogens with one attached hydrogen (secondary N) is 1. The van der Waals surface area contributed by atoms with Crippen LogP contribution in [-0.4, -0.2) is 83.5 Å². The summed E-state index contributed by atoms with van der Waals surface area (Å²) >= 11 is 3.29. The van der Waals surface area contributed by atoms with E-state index >= 15 is 0 Å². The van der Waals surface area contributed by atoms with Gasteiger partial charge in [0.25, 0.3) is 15.8 Å². The van der Waals surface area contributed by atoms with Crippen LogP contribution in [0.15, 0.2) is 17.0 Å². The zero-order valence-electron chi connectivity index (χ0n) is 16.8. The molecule has 0 aliphatic carbocycles. The summed E-state index contributed by atoms with van der Waals surface area (Å²) in [6, 6.07) is 2.12. The molecule has 0 unspecified atom stereocenters. The van der Waals surface area contributed by atoms with Gasteiger partial charge in [-0.2, -0.15) is 12.7 Å². The smallest absolute Gasteiger partial charge is 0.272 e. The van der Waals surface area contributed by atoms with Crippen LogP contribution in [0, 0.1) is 22.5 Å². The van der Waals surface area contributed by atoms with Gasteiger partial charge in [0.1, 0.15) is 4.90 Å². The van der Waals surface area contributed by atoms with Gasteiger partial charge in [-0.1, -0.05) is 21.9 Å². The summed E-state index contributed by atoms with van der Waals surface area (Å²) in [4.78, 5) is 12.0. The Kier molecular flexibility index (Phi) is 8.81. The van der Waals surface area contributed by atoms with Crippen LogP contribution in [-0.2, 0) is 24.3 Å². The minimum absolute atomic E-state index is 0.00473. The number of nitro benzene ring substituents is 1. The van der Waals surface area contributed by atoms with Gasteiger partial charge in [-0.3, -0.25) is 14.3 Å². The summed E-state index contributed by atoms with van der Waals surface area (Å²) in [6.45, 7) is 1.29. The summed E-state index contributed by atoms with van der Waals surface area (Å²) < 4.78 is 55.5. The number of anilines is 1. The largest absolute Gasteiger partial charge is 0.366 e. The van der Waals surface area contributed by atoms with Crippen molar-refractivity contribution in [1.82, 2.24) is 9.62 Å². The Balaban J connectivity index is 2.64. The molecule has 0 saturated carbocycles. The lowest BCUT2D eigenvalue weighted by Crippen LogP contribution is -2.46. The third-order valence-corrected chi connectivity index (χ3v) is 7.31. The first-order chi connectivity index (χ1) is 14.5. The molecule has 1 aliphatic heterocycles. The van der Waals surface area contributed by atoms with Gasteiger partial charge >= 0.3 is 0 Å². The minimum atomic E-state index is -4.12. The molecule has 1 aromatic carbocycles. The number of nitrogens with zero attached hydrogens (tertiary/aromatic N) is 3. The number of rotatable bonds is 10. The molecular formula is C17H23BrN4O7S2.